The predicted molar refractivity (Wildman–Crippen MR) is 68.5 cm³/mol. The molecule has 0 fully saturated rings. The third kappa shape index (κ3) is 5.11. The Hall–Kier alpha value is -1.85. The Morgan fingerprint density at radius 1 is 1.47 bits per heavy atom. The third-order valence-corrected chi connectivity index (χ3v) is 2.24. The molecule has 0 radical (unpaired) electrons. The highest BCUT2D eigenvalue weighted by Gasteiger charge is 2.26. The number of carbonyl (C=O) groups is 2. The molecule has 6 nitrogen and oxygen atoms in total. The van der Waals surface area contributed by atoms with Crippen LogP contribution in [0.4, 0.5) is 0 Å². The van der Waals surface area contributed by atoms with Gasteiger partial charge in [0.2, 0.25) is 0 Å². The molecule has 0 saturated heterocycles. The van der Waals surface area contributed by atoms with E-state index in [9.17, 15) is 9.59 Å². The fraction of sp³-hybridized carbons (Fsp3) is 0.615. The van der Waals surface area contributed by atoms with E-state index < -0.39 is 23.5 Å². The first kappa shape index (κ1) is 15.2. The number of esters is 1. The normalized spacial score (nSPS) is 12.8. The van der Waals surface area contributed by atoms with E-state index in [1.54, 1.807) is 20.8 Å². The first-order chi connectivity index (χ1) is 8.83. The van der Waals surface area contributed by atoms with E-state index in [0.717, 1.165) is 6.42 Å². The number of nitrogens with one attached hydrogen (secondary N) is 1. The van der Waals surface area contributed by atoms with Crippen LogP contribution in [0.15, 0.2) is 16.9 Å². The minimum Gasteiger partial charge on any atom is -0.458 e. The van der Waals surface area contributed by atoms with Crippen molar-refractivity contribution in [3.63, 3.8) is 0 Å². The predicted octanol–water partition coefficient (Wildman–Crippen LogP) is 1.91. The maximum absolute atomic E-state index is 12.0. The van der Waals surface area contributed by atoms with Gasteiger partial charge in [0.25, 0.3) is 5.91 Å². The summed E-state index contributed by atoms with van der Waals surface area (Å²) in [6.07, 6.45) is 2.57. The van der Waals surface area contributed by atoms with Gasteiger partial charge in [-0.25, -0.2) is 4.79 Å². The van der Waals surface area contributed by atoms with Gasteiger partial charge in [0.15, 0.2) is 5.69 Å². The molecule has 1 amide bonds. The summed E-state index contributed by atoms with van der Waals surface area (Å²) in [6, 6.07) is 0.765. The van der Waals surface area contributed by atoms with Gasteiger partial charge in [0.1, 0.15) is 17.9 Å². The first-order valence-electron chi connectivity index (χ1n) is 6.27. The van der Waals surface area contributed by atoms with Crippen molar-refractivity contribution in [2.75, 3.05) is 0 Å². The summed E-state index contributed by atoms with van der Waals surface area (Å²) >= 11 is 0. The molecule has 19 heavy (non-hydrogen) atoms. The summed E-state index contributed by atoms with van der Waals surface area (Å²) in [6.45, 7) is 7.29. The lowest BCUT2D eigenvalue weighted by Gasteiger charge is -2.24. The van der Waals surface area contributed by atoms with Crippen LogP contribution < -0.4 is 5.32 Å². The molecule has 1 rings (SSSR count). The first-order valence-corrected chi connectivity index (χ1v) is 6.27. The van der Waals surface area contributed by atoms with Crippen molar-refractivity contribution in [1.29, 1.82) is 0 Å². The molecular weight excluding hydrogens is 248 g/mol. The average Bonchev–Trinajstić information content (AvgIpc) is 2.79. The molecule has 1 aromatic rings. The zero-order valence-electron chi connectivity index (χ0n) is 11.7. The second-order valence-corrected chi connectivity index (χ2v) is 5.23. The summed E-state index contributed by atoms with van der Waals surface area (Å²) in [7, 11) is 0. The fourth-order valence-electron chi connectivity index (χ4n) is 1.47. The topological polar surface area (TPSA) is 81.4 Å². The number of hydrogen-bond acceptors (Lipinski definition) is 5. The Balaban J connectivity index is 2.67. The number of nitrogens with zero attached hydrogens (tertiary/aromatic N) is 1. The van der Waals surface area contributed by atoms with E-state index >= 15 is 0 Å². The standard InChI is InChI=1S/C13H20N2O4/c1-5-6-10(12(17)19-13(2,3)4)14-11(16)9-7-8-18-15-9/h7-8,10H,5-6H2,1-4H3,(H,14,16). The molecule has 1 unspecified atom stereocenters. The lowest BCUT2D eigenvalue weighted by molar-refractivity contribution is -0.157. The minimum atomic E-state index is -0.673. The maximum Gasteiger partial charge on any atom is 0.329 e. The Morgan fingerprint density at radius 3 is 2.63 bits per heavy atom. The quantitative estimate of drug-likeness (QED) is 0.825. The number of ether oxygens (including phenoxy) is 1. The van der Waals surface area contributed by atoms with Crippen molar-refractivity contribution >= 4 is 11.9 Å². The van der Waals surface area contributed by atoms with Gasteiger partial charge < -0.3 is 14.6 Å². The number of amides is 1. The van der Waals surface area contributed by atoms with Gasteiger partial charge in [0, 0.05) is 6.07 Å². The Morgan fingerprint density at radius 2 is 2.16 bits per heavy atom. The summed E-state index contributed by atoms with van der Waals surface area (Å²) in [5.41, 5.74) is -0.438. The van der Waals surface area contributed by atoms with Gasteiger partial charge in [-0.15, -0.1) is 0 Å². The monoisotopic (exact) mass is 268 g/mol. The molecule has 106 valence electrons. The van der Waals surface area contributed by atoms with Crippen LogP contribution in [0.25, 0.3) is 0 Å². The van der Waals surface area contributed by atoms with Gasteiger partial charge in [0.05, 0.1) is 0 Å². The average molecular weight is 268 g/mol. The number of hydrogen-bond donors (Lipinski definition) is 1. The minimum absolute atomic E-state index is 0.143. The maximum atomic E-state index is 12.0. The molecule has 1 heterocycles. The fourth-order valence-corrected chi connectivity index (χ4v) is 1.47. The van der Waals surface area contributed by atoms with E-state index in [1.165, 1.54) is 12.3 Å². The Kier molecular flexibility index (Phi) is 5.09. The molecule has 1 aromatic heterocycles. The van der Waals surface area contributed by atoms with E-state index in [2.05, 4.69) is 15.0 Å². The van der Waals surface area contributed by atoms with E-state index in [-0.39, 0.29) is 5.69 Å². The molecule has 0 aliphatic rings. The molecule has 1 N–H and O–H groups in total. The highest BCUT2D eigenvalue weighted by Crippen LogP contribution is 2.11. The second-order valence-electron chi connectivity index (χ2n) is 5.23. The number of carbonyl (C=O) groups excluding carboxylic acids is 2. The van der Waals surface area contributed by atoms with Crippen LogP contribution in [0.3, 0.4) is 0 Å². The Labute approximate surface area is 112 Å². The number of rotatable bonds is 5. The van der Waals surface area contributed by atoms with E-state index in [1.807, 2.05) is 6.92 Å². The van der Waals surface area contributed by atoms with Gasteiger partial charge in [-0.05, 0) is 27.2 Å². The van der Waals surface area contributed by atoms with Crippen LogP contribution in [0.1, 0.15) is 51.0 Å². The van der Waals surface area contributed by atoms with Crippen molar-refractivity contribution in [3.05, 3.63) is 18.0 Å². The number of aromatic nitrogens is 1. The molecule has 1 atom stereocenters. The van der Waals surface area contributed by atoms with Crippen LogP contribution in [0.5, 0.6) is 0 Å². The molecular formula is C13H20N2O4. The van der Waals surface area contributed by atoms with E-state index in [4.69, 9.17) is 4.74 Å². The van der Waals surface area contributed by atoms with Crippen molar-refractivity contribution in [1.82, 2.24) is 10.5 Å². The lowest BCUT2D eigenvalue weighted by Crippen LogP contribution is -2.44. The molecule has 0 saturated carbocycles. The molecule has 0 aromatic carbocycles. The van der Waals surface area contributed by atoms with Crippen LogP contribution in [-0.4, -0.2) is 28.7 Å². The van der Waals surface area contributed by atoms with Gasteiger partial charge in [-0.2, -0.15) is 0 Å². The van der Waals surface area contributed by atoms with Gasteiger partial charge in [-0.3, -0.25) is 4.79 Å². The van der Waals surface area contributed by atoms with Crippen LogP contribution in [0.2, 0.25) is 0 Å². The van der Waals surface area contributed by atoms with Gasteiger partial charge in [-0.1, -0.05) is 18.5 Å². The van der Waals surface area contributed by atoms with Crippen LogP contribution >= 0.6 is 0 Å². The SMILES string of the molecule is CCCC(NC(=O)c1ccon1)C(=O)OC(C)(C)C. The summed E-state index contributed by atoms with van der Waals surface area (Å²) in [5, 5.41) is 6.13. The van der Waals surface area contributed by atoms with Crippen molar-refractivity contribution in [2.24, 2.45) is 0 Å². The summed E-state index contributed by atoms with van der Waals surface area (Å²) < 4.78 is 9.86. The molecule has 0 bridgehead atoms. The summed E-state index contributed by atoms with van der Waals surface area (Å²) in [4.78, 5) is 23.8. The van der Waals surface area contributed by atoms with Gasteiger partial charge >= 0.3 is 5.97 Å². The van der Waals surface area contributed by atoms with Crippen molar-refractivity contribution in [3.8, 4) is 0 Å². The zero-order chi connectivity index (χ0) is 14.5. The lowest BCUT2D eigenvalue weighted by atomic mass is 10.1. The smallest absolute Gasteiger partial charge is 0.329 e. The highest BCUT2D eigenvalue weighted by molar-refractivity contribution is 5.95. The molecule has 0 spiro atoms. The highest BCUT2D eigenvalue weighted by atomic mass is 16.6. The third-order valence-electron chi connectivity index (χ3n) is 2.24. The summed E-state index contributed by atoms with van der Waals surface area (Å²) in [5.74, 6) is -0.885. The van der Waals surface area contributed by atoms with E-state index in [0.29, 0.717) is 6.42 Å². The van der Waals surface area contributed by atoms with Crippen molar-refractivity contribution in [2.45, 2.75) is 52.2 Å². The molecule has 6 heteroatoms. The van der Waals surface area contributed by atoms with Crippen LogP contribution in [0, 0.1) is 0 Å². The van der Waals surface area contributed by atoms with Crippen LogP contribution in [-0.2, 0) is 9.53 Å². The van der Waals surface area contributed by atoms with Crippen molar-refractivity contribution < 1.29 is 18.8 Å². The molecule has 0 aliphatic carbocycles. The molecule has 0 aliphatic heterocycles. The Bertz CT molecular complexity index is 420. The second kappa shape index (κ2) is 6.36. The zero-order valence-corrected chi connectivity index (χ0v) is 11.7. The largest absolute Gasteiger partial charge is 0.458 e.